The normalized spacial score (nSPS) is 28.7. The highest BCUT2D eigenvalue weighted by atomic mass is 32.1. The van der Waals surface area contributed by atoms with Crippen LogP contribution in [0.4, 0.5) is 0 Å². The minimum atomic E-state index is 0.165. The van der Waals surface area contributed by atoms with Crippen LogP contribution in [0.25, 0.3) is 0 Å². The highest BCUT2D eigenvalue weighted by Gasteiger charge is 2.49. The van der Waals surface area contributed by atoms with E-state index in [-0.39, 0.29) is 5.41 Å². The molecule has 0 spiro atoms. The van der Waals surface area contributed by atoms with E-state index >= 15 is 0 Å². The molecule has 1 atom stereocenters. The van der Waals surface area contributed by atoms with Gasteiger partial charge in [-0.15, -0.1) is 11.3 Å². The predicted octanol–water partition coefficient (Wildman–Crippen LogP) is 1.31. The average Bonchev–Trinajstić information content (AvgIpc) is 2.66. The quantitative estimate of drug-likeness (QED) is 0.844. The molecular weight excluding hydrogens is 222 g/mol. The van der Waals surface area contributed by atoms with Crippen LogP contribution in [0, 0.1) is 6.92 Å². The monoisotopic (exact) mass is 239 g/mol. The molecule has 0 saturated carbocycles. The maximum Gasteiger partial charge on any atom is 0.0691 e. The number of nitrogens with one attached hydrogen (secondary N) is 1. The van der Waals surface area contributed by atoms with Crippen molar-refractivity contribution in [3.63, 3.8) is 0 Å². The lowest BCUT2D eigenvalue weighted by Crippen LogP contribution is -2.63. The molecular formula is C12H17NO2S. The van der Waals surface area contributed by atoms with Crippen LogP contribution in [0.5, 0.6) is 0 Å². The Labute approximate surface area is 99.8 Å². The highest BCUT2D eigenvalue weighted by Crippen LogP contribution is 2.41. The molecule has 4 heteroatoms. The van der Waals surface area contributed by atoms with Crippen molar-refractivity contribution in [3.8, 4) is 0 Å². The van der Waals surface area contributed by atoms with Gasteiger partial charge in [-0.1, -0.05) is 0 Å². The standard InChI is InChI=1S/C12H17NO2S/c1-9-2-5-16-11(9)12(7-15-8-12)10-6-14-4-3-13-10/h2,5,10,13H,3-4,6-8H2,1H3. The van der Waals surface area contributed by atoms with E-state index in [1.54, 1.807) is 0 Å². The molecule has 2 aliphatic heterocycles. The first-order chi connectivity index (χ1) is 7.83. The van der Waals surface area contributed by atoms with Crippen LogP contribution in [0.15, 0.2) is 11.4 Å². The molecule has 3 rings (SSSR count). The van der Waals surface area contributed by atoms with Crippen LogP contribution >= 0.6 is 11.3 Å². The zero-order valence-electron chi connectivity index (χ0n) is 9.49. The second kappa shape index (κ2) is 4.11. The summed E-state index contributed by atoms with van der Waals surface area (Å²) < 4.78 is 11.1. The summed E-state index contributed by atoms with van der Waals surface area (Å²) in [4.78, 5) is 1.47. The minimum Gasteiger partial charge on any atom is -0.379 e. The summed E-state index contributed by atoms with van der Waals surface area (Å²) in [5.41, 5.74) is 1.55. The van der Waals surface area contributed by atoms with Gasteiger partial charge in [-0.2, -0.15) is 0 Å². The molecule has 0 bridgehead atoms. The number of rotatable bonds is 2. The predicted molar refractivity (Wildman–Crippen MR) is 64.2 cm³/mol. The van der Waals surface area contributed by atoms with Crippen molar-refractivity contribution < 1.29 is 9.47 Å². The molecule has 0 aliphatic carbocycles. The van der Waals surface area contributed by atoms with Gasteiger partial charge in [0, 0.05) is 17.5 Å². The fraction of sp³-hybridized carbons (Fsp3) is 0.667. The second-order valence-corrected chi connectivity index (χ2v) is 5.58. The Kier molecular flexibility index (Phi) is 2.75. The summed E-state index contributed by atoms with van der Waals surface area (Å²) in [6, 6.07) is 2.61. The molecule has 0 aromatic carbocycles. The molecule has 1 aromatic rings. The molecule has 2 aliphatic rings. The van der Waals surface area contributed by atoms with E-state index in [2.05, 4.69) is 23.7 Å². The van der Waals surface area contributed by atoms with Crippen molar-refractivity contribution >= 4 is 11.3 Å². The molecule has 0 radical (unpaired) electrons. The van der Waals surface area contributed by atoms with Crippen LogP contribution in [0.3, 0.4) is 0 Å². The molecule has 1 N–H and O–H groups in total. The van der Waals surface area contributed by atoms with E-state index in [0.717, 1.165) is 33.0 Å². The Bertz CT molecular complexity index is 367. The summed E-state index contributed by atoms with van der Waals surface area (Å²) in [6.45, 7) is 6.44. The Hall–Kier alpha value is -0.420. The van der Waals surface area contributed by atoms with Crippen LogP contribution in [-0.2, 0) is 14.9 Å². The number of thiophene rings is 1. The van der Waals surface area contributed by atoms with Gasteiger partial charge in [-0.05, 0) is 23.9 Å². The third-order valence-electron chi connectivity index (χ3n) is 3.62. The number of hydrogen-bond acceptors (Lipinski definition) is 4. The van der Waals surface area contributed by atoms with Gasteiger partial charge >= 0.3 is 0 Å². The molecule has 2 saturated heterocycles. The van der Waals surface area contributed by atoms with Gasteiger partial charge in [-0.3, -0.25) is 0 Å². The molecule has 88 valence electrons. The molecule has 1 aromatic heterocycles. The number of morpholine rings is 1. The Morgan fingerprint density at radius 1 is 1.44 bits per heavy atom. The van der Waals surface area contributed by atoms with E-state index in [1.807, 2.05) is 11.3 Å². The first-order valence-corrected chi connectivity index (χ1v) is 6.64. The molecule has 3 nitrogen and oxygen atoms in total. The first-order valence-electron chi connectivity index (χ1n) is 5.76. The van der Waals surface area contributed by atoms with Crippen LogP contribution < -0.4 is 5.32 Å². The van der Waals surface area contributed by atoms with Gasteiger partial charge in [-0.25, -0.2) is 0 Å². The maximum absolute atomic E-state index is 5.59. The average molecular weight is 239 g/mol. The van der Waals surface area contributed by atoms with Crippen molar-refractivity contribution in [2.24, 2.45) is 0 Å². The number of hydrogen-bond donors (Lipinski definition) is 1. The lowest BCUT2D eigenvalue weighted by atomic mass is 9.75. The van der Waals surface area contributed by atoms with Crippen LogP contribution in [-0.4, -0.2) is 39.0 Å². The maximum atomic E-state index is 5.59. The van der Waals surface area contributed by atoms with E-state index < -0.39 is 0 Å². The van der Waals surface area contributed by atoms with Gasteiger partial charge in [0.05, 0.1) is 31.8 Å². The van der Waals surface area contributed by atoms with E-state index in [4.69, 9.17) is 9.47 Å². The Balaban J connectivity index is 1.90. The fourth-order valence-corrected chi connectivity index (χ4v) is 3.77. The van der Waals surface area contributed by atoms with E-state index in [9.17, 15) is 0 Å². The topological polar surface area (TPSA) is 30.5 Å². The van der Waals surface area contributed by atoms with Crippen molar-refractivity contribution in [2.75, 3.05) is 33.0 Å². The SMILES string of the molecule is Cc1ccsc1C1(C2COCCN2)COC1. The summed E-state index contributed by atoms with van der Waals surface area (Å²) in [7, 11) is 0. The molecule has 16 heavy (non-hydrogen) atoms. The largest absolute Gasteiger partial charge is 0.379 e. The Morgan fingerprint density at radius 2 is 2.31 bits per heavy atom. The van der Waals surface area contributed by atoms with E-state index in [1.165, 1.54) is 10.4 Å². The summed E-state index contributed by atoms with van der Waals surface area (Å²) in [5, 5.41) is 5.75. The molecule has 3 heterocycles. The molecule has 1 unspecified atom stereocenters. The zero-order chi connectivity index (χ0) is 11.0. The van der Waals surface area contributed by atoms with E-state index in [0.29, 0.717) is 6.04 Å². The Morgan fingerprint density at radius 3 is 2.81 bits per heavy atom. The molecule has 0 amide bonds. The van der Waals surface area contributed by atoms with Crippen molar-refractivity contribution in [2.45, 2.75) is 18.4 Å². The van der Waals surface area contributed by atoms with Gasteiger partial charge < -0.3 is 14.8 Å². The first kappa shape index (κ1) is 10.7. The van der Waals surface area contributed by atoms with Crippen molar-refractivity contribution in [1.82, 2.24) is 5.32 Å². The highest BCUT2D eigenvalue weighted by molar-refractivity contribution is 7.10. The number of aryl methyl sites for hydroxylation is 1. The second-order valence-electron chi connectivity index (χ2n) is 4.66. The lowest BCUT2D eigenvalue weighted by Gasteiger charge is -2.48. The lowest BCUT2D eigenvalue weighted by molar-refractivity contribution is -0.0992. The van der Waals surface area contributed by atoms with Gasteiger partial charge in [0.15, 0.2) is 0 Å². The molecule has 2 fully saturated rings. The third-order valence-corrected chi connectivity index (χ3v) is 4.86. The number of ether oxygens (including phenoxy) is 2. The summed E-state index contributed by atoms with van der Waals surface area (Å²) in [6.07, 6.45) is 0. The van der Waals surface area contributed by atoms with Gasteiger partial charge in [0.2, 0.25) is 0 Å². The zero-order valence-corrected chi connectivity index (χ0v) is 10.3. The van der Waals surface area contributed by atoms with Crippen molar-refractivity contribution in [3.05, 3.63) is 21.9 Å². The summed E-state index contributed by atoms with van der Waals surface area (Å²) >= 11 is 1.85. The van der Waals surface area contributed by atoms with Crippen LogP contribution in [0.2, 0.25) is 0 Å². The summed E-state index contributed by atoms with van der Waals surface area (Å²) in [5.74, 6) is 0. The third kappa shape index (κ3) is 1.52. The minimum absolute atomic E-state index is 0.165. The van der Waals surface area contributed by atoms with Crippen LogP contribution in [0.1, 0.15) is 10.4 Å². The van der Waals surface area contributed by atoms with Gasteiger partial charge in [0.25, 0.3) is 0 Å². The van der Waals surface area contributed by atoms with Gasteiger partial charge in [0.1, 0.15) is 0 Å². The fourth-order valence-electron chi connectivity index (χ4n) is 2.62. The van der Waals surface area contributed by atoms with Crippen molar-refractivity contribution in [1.29, 1.82) is 0 Å². The smallest absolute Gasteiger partial charge is 0.0691 e.